The lowest BCUT2D eigenvalue weighted by molar-refractivity contribution is 1.28. The van der Waals surface area contributed by atoms with Crippen LogP contribution in [0.25, 0.3) is 44.5 Å². The Morgan fingerprint density at radius 3 is 0.506 bits per heavy atom. The molecule has 5 nitrogen and oxygen atoms in total. The first-order valence-corrected chi connectivity index (χ1v) is 28.1. The minimum Gasteiger partial charge on any atom is -0.397 e. The fourth-order valence-corrected chi connectivity index (χ4v) is 11.0. The maximum absolute atomic E-state index is 6.71. The quantitative estimate of drug-likeness (QED) is 0.0977. The highest BCUT2D eigenvalue weighted by Crippen LogP contribution is 2.42. The molecule has 83 heavy (non-hydrogen) atoms. The number of nitrogens with two attached hydrogens (primary N) is 1. The van der Waals surface area contributed by atoms with Gasteiger partial charge in [0.15, 0.2) is 0 Å². The molecule has 0 saturated heterocycles. The number of nitrogen functional groups attached to an aromatic ring is 1. The zero-order valence-electron chi connectivity index (χ0n) is 45.8. The summed E-state index contributed by atoms with van der Waals surface area (Å²) in [5.41, 5.74) is 29.5. The van der Waals surface area contributed by atoms with Gasteiger partial charge in [-0.1, -0.05) is 200 Å². The molecule has 5 heteroatoms. The lowest BCUT2D eigenvalue weighted by atomic mass is 9.99. The number of hydrogen-bond acceptors (Lipinski definition) is 5. The van der Waals surface area contributed by atoms with Crippen LogP contribution in [-0.2, 0) is 0 Å². The average Bonchev–Trinajstić information content (AvgIpc) is 3.64. The Labute approximate surface area is 486 Å². The first-order chi connectivity index (χ1) is 41.1. The Bertz CT molecular complexity index is 4100. The second kappa shape index (κ2) is 23.7. The third kappa shape index (κ3) is 11.1. The molecule has 13 aromatic carbocycles. The fourth-order valence-electron chi connectivity index (χ4n) is 11.0. The third-order valence-corrected chi connectivity index (χ3v) is 15.2. The number of anilines is 13. The second-order valence-electron chi connectivity index (χ2n) is 20.4. The van der Waals surface area contributed by atoms with E-state index in [9.17, 15) is 0 Å². The predicted octanol–water partition coefficient (Wildman–Crippen LogP) is 21.8. The molecule has 396 valence electrons. The molecule has 0 spiro atoms. The third-order valence-electron chi connectivity index (χ3n) is 15.2. The van der Waals surface area contributed by atoms with Gasteiger partial charge < -0.3 is 25.3 Å². The number of rotatable bonds is 16. The van der Waals surface area contributed by atoms with Gasteiger partial charge in [-0.25, -0.2) is 0 Å². The Morgan fingerprint density at radius 1 is 0.145 bits per heavy atom. The van der Waals surface area contributed by atoms with E-state index >= 15 is 0 Å². The van der Waals surface area contributed by atoms with Crippen molar-refractivity contribution in [2.24, 2.45) is 0 Å². The van der Waals surface area contributed by atoms with E-state index in [4.69, 9.17) is 5.73 Å². The van der Waals surface area contributed by atoms with Crippen LogP contribution in [0.5, 0.6) is 0 Å². The van der Waals surface area contributed by atoms with Crippen molar-refractivity contribution in [1.82, 2.24) is 0 Å². The van der Waals surface area contributed by atoms with Gasteiger partial charge in [-0.3, -0.25) is 0 Å². The van der Waals surface area contributed by atoms with Crippen LogP contribution in [0.3, 0.4) is 0 Å². The molecule has 0 unspecified atom stereocenters. The SMILES string of the molecule is Nc1ccccc1N(c1ccc(-c2ccc(-c3ccc(N(c4ccccc4)c4ccc(-c5ccc(N(c6ccccc6)c6ccccc6)cc5)cc4)cc3)cc2)cc1)c1ccc(-c2ccc(N(c3ccccc3)c3ccccc3)cc2)cc1. The summed E-state index contributed by atoms with van der Waals surface area (Å²) in [4.78, 5) is 9.12. The molecule has 0 radical (unpaired) electrons. The molecule has 0 aliphatic rings. The van der Waals surface area contributed by atoms with E-state index < -0.39 is 0 Å². The molecule has 0 fully saturated rings. The molecule has 0 aliphatic heterocycles. The van der Waals surface area contributed by atoms with Gasteiger partial charge in [-0.15, -0.1) is 0 Å². The molecular weight excluding hydrogens is 1010 g/mol. The van der Waals surface area contributed by atoms with Crippen LogP contribution in [0, 0.1) is 0 Å². The number of hydrogen-bond donors (Lipinski definition) is 1. The first kappa shape index (κ1) is 51.3. The van der Waals surface area contributed by atoms with Crippen molar-refractivity contribution in [3.05, 3.63) is 346 Å². The molecule has 0 bridgehead atoms. The monoisotopic (exact) mass is 1070 g/mol. The Hall–Kier alpha value is -11.1. The van der Waals surface area contributed by atoms with E-state index in [2.05, 4.69) is 347 Å². The van der Waals surface area contributed by atoms with E-state index in [-0.39, 0.29) is 0 Å². The van der Waals surface area contributed by atoms with Gasteiger partial charge in [0.1, 0.15) is 0 Å². The van der Waals surface area contributed by atoms with E-state index in [0.29, 0.717) is 5.69 Å². The van der Waals surface area contributed by atoms with Gasteiger partial charge in [0.05, 0.1) is 11.4 Å². The van der Waals surface area contributed by atoms with Crippen LogP contribution >= 0.6 is 0 Å². The highest BCUT2D eigenvalue weighted by Gasteiger charge is 2.19. The Kier molecular flexibility index (Phi) is 14.6. The summed E-state index contributed by atoms with van der Waals surface area (Å²) < 4.78 is 0. The summed E-state index contributed by atoms with van der Waals surface area (Å²) in [7, 11) is 0. The summed E-state index contributed by atoms with van der Waals surface area (Å²) in [5, 5.41) is 0. The zero-order valence-corrected chi connectivity index (χ0v) is 45.8. The second-order valence-corrected chi connectivity index (χ2v) is 20.4. The molecule has 0 heterocycles. The predicted molar refractivity (Wildman–Crippen MR) is 351 cm³/mol. The minimum absolute atomic E-state index is 0.705. The number of nitrogens with zero attached hydrogens (tertiary/aromatic N) is 4. The Balaban J connectivity index is 0.710. The van der Waals surface area contributed by atoms with Gasteiger partial charge in [-0.2, -0.15) is 0 Å². The molecule has 0 aromatic heterocycles. The lowest BCUT2D eigenvalue weighted by Crippen LogP contribution is -2.11. The standard InChI is InChI=1S/C78H59N5/c79-77-28-16-17-29-78(77)83(76-56-44-65(45-57-76)64-38-48-72(49-39-64)81(68-22-10-3-11-23-68)69-24-12-4-13-25-69)75-54-42-61(43-55-75)59-32-30-58(31-33-59)60-34-50-73(51-35-60)82(70-26-14-5-15-27-70)74-52-40-63(41-53-74)62-36-46-71(47-37-62)80(66-18-6-1-7-19-66)67-20-8-2-9-21-67/h1-57H,79H2. The van der Waals surface area contributed by atoms with Crippen LogP contribution in [-0.4, -0.2) is 0 Å². The first-order valence-electron chi connectivity index (χ1n) is 28.1. The van der Waals surface area contributed by atoms with Crippen molar-refractivity contribution in [2.45, 2.75) is 0 Å². The maximum atomic E-state index is 6.71. The van der Waals surface area contributed by atoms with Crippen molar-refractivity contribution in [1.29, 1.82) is 0 Å². The maximum Gasteiger partial charge on any atom is 0.0691 e. The van der Waals surface area contributed by atoms with Crippen molar-refractivity contribution >= 4 is 73.9 Å². The van der Waals surface area contributed by atoms with Crippen LogP contribution in [0.2, 0.25) is 0 Å². The summed E-state index contributed by atoms with van der Waals surface area (Å²) in [6.07, 6.45) is 0. The summed E-state index contributed by atoms with van der Waals surface area (Å²) in [6, 6.07) is 122. The van der Waals surface area contributed by atoms with E-state index in [1.807, 2.05) is 18.2 Å². The smallest absolute Gasteiger partial charge is 0.0691 e. The van der Waals surface area contributed by atoms with Gasteiger partial charge in [0, 0.05) is 62.6 Å². The van der Waals surface area contributed by atoms with Crippen LogP contribution < -0.4 is 25.3 Å². The average molecular weight is 1070 g/mol. The molecule has 0 amide bonds. The van der Waals surface area contributed by atoms with Gasteiger partial charge in [-0.05, 0) is 190 Å². The van der Waals surface area contributed by atoms with Crippen molar-refractivity contribution in [3.8, 4) is 44.5 Å². The van der Waals surface area contributed by atoms with Crippen molar-refractivity contribution in [3.63, 3.8) is 0 Å². The van der Waals surface area contributed by atoms with E-state index in [1.165, 1.54) is 0 Å². The number of para-hydroxylation sites is 7. The molecule has 13 rings (SSSR count). The largest absolute Gasteiger partial charge is 0.397 e. The van der Waals surface area contributed by atoms with Crippen molar-refractivity contribution < 1.29 is 0 Å². The fraction of sp³-hybridized carbons (Fsp3) is 0. The van der Waals surface area contributed by atoms with Crippen molar-refractivity contribution in [2.75, 3.05) is 25.3 Å². The van der Waals surface area contributed by atoms with Crippen LogP contribution in [0.1, 0.15) is 0 Å². The zero-order chi connectivity index (χ0) is 55.7. The molecule has 13 aromatic rings. The molecule has 0 aliphatic carbocycles. The van der Waals surface area contributed by atoms with E-state index in [0.717, 1.165) is 113 Å². The van der Waals surface area contributed by atoms with Gasteiger partial charge >= 0.3 is 0 Å². The highest BCUT2D eigenvalue weighted by molar-refractivity contribution is 5.87. The highest BCUT2D eigenvalue weighted by atomic mass is 15.2. The molecular formula is C78H59N5. The normalized spacial score (nSPS) is 10.9. The Morgan fingerprint density at radius 2 is 0.301 bits per heavy atom. The molecule has 0 saturated carbocycles. The number of benzene rings is 13. The van der Waals surface area contributed by atoms with Gasteiger partial charge in [0.25, 0.3) is 0 Å². The summed E-state index contributed by atoms with van der Waals surface area (Å²) in [5.74, 6) is 0. The van der Waals surface area contributed by atoms with Crippen LogP contribution in [0.15, 0.2) is 346 Å². The topological polar surface area (TPSA) is 39.0 Å². The molecule has 0 atom stereocenters. The summed E-state index contributed by atoms with van der Waals surface area (Å²) in [6.45, 7) is 0. The minimum atomic E-state index is 0.705. The van der Waals surface area contributed by atoms with E-state index in [1.54, 1.807) is 0 Å². The van der Waals surface area contributed by atoms with Gasteiger partial charge in [0.2, 0.25) is 0 Å². The molecule has 2 N–H and O–H groups in total. The summed E-state index contributed by atoms with van der Waals surface area (Å²) >= 11 is 0. The van der Waals surface area contributed by atoms with Crippen LogP contribution in [0.4, 0.5) is 73.9 Å². The lowest BCUT2D eigenvalue weighted by Gasteiger charge is -2.27.